The highest BCUT2D eigenvalue weighted by molar-refractivity contribution is 7.12. The molecule has 9 heavy (non-hydrogen) atoms. The normalized spacial score (nSPS) is 9.33. The average molecular weight is 138 g/mol. The molecule has 1 aromatic rings. The van der Waals surface area contributed by atoms with E-state index in [9.17, 15) is 4.79 Å². The van der Waals surface area contributed by atoms with Crippen LogP contribution in [-0.2, 0) is 0 Å². The molecule has 0 fully saturated rings. The van der Waals surface area contributed by atoms with Gasteiger partial charge in [-0.05, 0) is 11.4 Å². The lowest BCUT2D eigenvalue weighted by atomic mass is 10.0. The second kappa shape index (κ2) is 2.23. The van der Waals surface area contributed by atoms with Gasteiger partial charge in [0.05, 0.1) is 0 Å². The summed E-state index contributed by atoms with van der Waals surface area (Å²) < 4.78 is 0. The Hall–Kier alpha value is -0.765. The lowest BCUT2D eigenvalue weighted by Crippen LogP contribution is -1.97. The van der Waals surface area contributed by atoms with Crippen molar-refractivity contribution in [1.29, 1.82) is 0 Å². The summed E-state index contributed by atoms with van der Waals surface area (Å²) in [7, 11) is 5.26. The van der Waals surface area contributed by atoms with Crippen LogP contribution in [0.15, 0.2) is 11.4 Å². The van der Waals surface area contributed by atoms with Crippen LogP contribution < -0.4 is 5.46 Å². The molecule has 0 atom stereocenters. The molecule has 0 bridgehead atoms. The third-order valence-corrected chi connectivity index (χ3v) is 1.77. The first-order chi connectivity index (χ1) is 4.20. The number of carbonyl (C=O) groups is 1. The lowest BCUT2D eigenvalue weighted by Gasteiger charge is -1.79. The van der Waals surface area contributed by atoms with E-state index in [4.69, 9.17) is 13.0 Å². The molecule has 1 heterocycles. The minimum atomic E-state index is -0.920. The standard InChI is InChI=1S/C5H3BO2S/c6-3-1-4(5(7)8)9-2-3/h1-2H,(H,7,8). The number of thiophene rings is 1. The molecule has 0 spiro atoms. The maximum atomic E-state index is 10.2. The summed E-state index contributed by atoms with van der Waals surface area (Å²) in [6.45, 7) is 0. The van der Waals surface area contributed by atoms with Gasteiger partial charge in [-0.3, -0.25) is 0 Å². The van der Waals surface area contributed by atoms with Crippen molar-refractivity contribution < 1.29 is 9.90 Å². The first-order valence-electron chi connectivity index (χ1n) is 2.27. The molecule has 0 saturated heterocycles. The van der Waals surface area contributed by atoms with Crippen molar-refractivity contribution >= 4 is 30.6 Å². The molecule has 1 rings (SSSR count). The molecule has 0 aromatic carbocycles. The smallest absolute Gasteiger partial charge is 0.345 e. The minimum Gasteiger partial charge on any atom is -0.477 e. The molecule has 1 N–H and O–H groups in total. The second-order valence-corrected chi connectivity index (χ2v) is 2.46. The topological polar surface area (TPSA) is 37.3 Å². The number of aromatic carboxylic acids is 1. The Bertz CT molecular complexity index is 231. The van der Waals surface area contributed by atoms with Gasteiger partial charge in [-0.2, -0.15) is 0 Å². The molecule has 0 aliphatic heterocycles. The minimum absolute atomic E-state index is 0.285. The van der Waals surface area contributed by atoms with E-state index in [0.29, 0.717) is 5.46 Å². The number of carboxylic acid groups (broad SMARTS) is 1. The van der Waals surface area contributed by atoms with Crippen molar-refractivity contribution in [2.24, 2.45) is 0 Å². The highest BCUT2D eigenvalue weighted by Crippen LogP contribution is 2.04. The van der Waals surface area contributed by atoms with Crippen LogP contribution in [0, 0.1) is 0 Å². The molecule has 0 saturated carbocycles. The van der Waals surface area contributed by atoms with Crippen molar-refractivity contribution in [2.45, 2.75) is 0 Å². The molecule has 4 heteroatoms. The van der Waals surface area contributed by atoms with Crippen LogP contribution in [-0.4, -0.2) is 18.9 Å². The Morgan fingerprint density at radius 2 is 2.44 bits per heavy atom. The van der Waals surface area contributed by atoms with E-state index in [-0.39, 0.29) is 4.88 Å². The maximum absolute atomic E-state index is 10.2. The SMILES string of the molecule is [B]c1csc(C(=O)O)c1. The van der Waals surface area contributed by atoms with Crippen molar-refractivity contribution in [2.75, 3.05) is 0 Å². The van der Waals surface area contributed by atoms with Crippen LogP contribution in [0.5, 0.6) is 0 Å². The highest BCUT2D eigenvalue weighted by atomic mass is 32.1. The van der Waals surface area contributed by atoms with Crippen LogP contribution in [0.25, 0.3) is 0 Å². The zero-order valence-corrected chi connectivity index (χ0v) is 5.31. The van der Waals surface area contributed by atoms with Gasteiger partial charge in [-0.1, -0.05) is 5.46 Å². The van der Waals surface area contributed by atoms with E-state index in [2.05, 4.69) is 0 Å². The van der Waals surface area contributed by atoms with E-state index in [1.165, 1.54) is 6.07 Å². The number of hydrogen-bond acceptors (Lipinski definition) is 2. The van der Waals surface area contributed by atoms with E-state index in [1.54, 1.807) is 5.38 Å². The van der Waals surface area contributed by atoms with E-state index >= 15 is 0 Å². The van der Waals surface area contributed by atoms with Gasteiger partial charge in [-0.15, -0.1) is 11.3 Å². The van der Waals surface area contributed by atoms with E-state index in [0.717, 1.165) is 11.3 Å². The number of carboxylic acids is 1. The predicted molar refractivity (Wildman–Crippen MR) is 36.7 cm³/mol. The Labute approximate surface area is 57.5 Å². The quantitative estimate of drug-likeness (QED) is 0.564. The van der Waals surface area contributed by atoms with Gasteiger partial charge in [0.1, 0.15) is 12.7 Å². The van der Waals surface area contributed by atoms with Crippen molar-refractivity contribution in [3.05, 3.63) is 16.3 Å². The lowest BCUT2D eigenvalue weighted by molar-refractivity contribution is 0.0702. The number of hydrogen-bond donors (Lipinski definition) is 1. The molecule has 0 unspecified atom stereocenters. The third-order valence-electron chi connectivity index (χ3n) is 0.831. The maximum Gasteiger partial charge on any atom is 0.345 e. The third kappa shape index (κ3) is 1.32. The fourth-order valence-corrected chi connectivity index (χ4v) is 1.10. The van der Waals surface area contributed by atoms with Crippen LogP contribution in [0.4, 0.5) is 0 Å². The van der Waals surface area contributed by atoms with Crippen LogP contribution >= 0.6 is 11.3 Å². The van der Waals surface area contributed by atoms with Gasteiger partial charge in [0.2, 0.25) is 0 Å². The molecular formula is C5H3BO2S. The summed E-state index contributed by atoms with van der Waals surface area (Å²) in [6, 6.07) is 1.44. The second-order valence-electron chi connectivity index (χ2n) is 1.55. The monoisotopic (exact) mass is 138 g/mol. The summed E-state index contributed by atoms with van der Waals surface area (Å²) in [5.41, 5.74) is 0.511. The summed E-state index contributed by atoms with van der Waals surface area (Å²) in [4.78, 5) is 10.5. The summed E-state index contributed by atoms with van der Waals surface area (Å²) >= 11 is 1.13. The van der Waals surface area contributed by atoms with Crippen molar-refractivity contribution in [3.63, 3.8) is 0 Å². The van der Waals surface area contributed by atoms with Gasteiger partial charge in [0.15, 0.2) is 0 Å². The predicted octanol–water partition coefficient (Wildman–Crippen LogP) is 0.240. The van der Waals surface area contributed by atoms with Crippen LogP contribution in [0.3, 0.4) is 0 Å². The first kappa shape index (κ1) is 6.36. The Kier molecular flexibility index (Phi) is 1.57. The summed E-state index contributed by atoms with van der Waals surface area (Å²) in [6.07, 6.45) is 0. The average Bonchev–Trinajstić information content (AvgIpc) is 2.14. The van der Waals surface area contributed by atoms with Gasteiger partial charge in [-0.25, -0.2) is 4.79 Å². The molecule has 2 nitrogen and oxygen atoms in total. The fourth-order valence-electron chi connectivity index (χ4n) is 0.463. The van der Waals surface area contributed by atoms with Crippen LogP contribution in [0.1, 0.15) is 9.67 Å². The van der Waals surface area contributed by atoms with Gasteiger partial charge < -0.3 is 5.11 Å². The fraction of sp³-hybridized carbons (Fsp3) is 0. The Morgan fingerprint density at radius 1 is 1.78 bits per heavy atom. The van der Waals surface area contributed by atoms with E-state index in [1.807, 2.05) is 0 Å². The Balaban J connectivity index is 2.98. The molecule has 0 aliphatic rings. The zero-order chi connectivity index (χ0) is 6.85. The highest BCUT2D eigenvalue weighted by Gasteiger charge is 2.02. The summed E-state index contributed by atoms with van der Waals surface area (Å²) in [5.74, 6) is -0.920. The summed E-state index contributed by atoms with van der Waals surface area (Å²) in [5, 5.41) is 9.95. The van der Waals surface area contributed by atoms with Crippen LogP contribution in [0.2, 0.25) is 0 Å². The van der Waals surface area contributed by atoms with Gasteiger partial charge >= 0.3 is 5.97 Å². The van der Waals surface area contributed by atoms with Crippen molar-refractivity contribution in [3.8, 4) is 0 Å². The van der Waals surface area contributed by atoms with Crippen molar-refractivity contribution in [1.82, 2.24) is 0 Å². The zero-order valence-electron chi connectivity index (χ0n) is 4.50. The number of rotatable bonds is 1. The molecule has 44 valence electrons. The largest absolute Gasteiger partial charge is 0.477 e. The van der Waals surface area contributed by atoms with Gasteiger partial charge in [0, 0.05) is 0 Å². The molecule has 2 radical (unpaired) electrons. The molecular weight excluding hydrogens is 135 g/mol. The molecule has 1 aromatic heterocycles. The Morgan fingerprint density at radius 3 is 2.67 bits per heavy atom. The van der Waals surface area contributed by atoms with Gasteiger partial charge in [0.25, 0.3) is 0 Å². The molecule has 0 aliphatic carbocycles. The first-order valence-corrected chi connectivity index (χ1v) is 3.15. The molecule has 0 amide bonds. The van der Waals surface area contributed by atoms with E-state index < -0.39 is 5.97 Å².